The van der Waals surface area contributed by atoms with Crippen LogP contribution in [0.15, 0.2) is 53.9 Å². The van der Waals surface area contributed by atoms with Gasteiger partial charge in [-0.2, -0.15) is 0 Å². The van der Waals surface area contributed by atoms with Crippen molar-refractivity contribution in [2.45, 2.75) is 0 Å². The van der Waals surface area contributed by atoms with Gasteiger partial charge in [-0.05, 0) is 30.3 Å². The van der Waals surface area contributed by atoms with Crippen LogP contribution in [0.2, 0.25) is 10.0 Å². The third kappa shape index (κ3) is 4.43. The molecule has 7 heteroatoms. The van der Waals surface area contributed by atoms with Gasteiger partial charge in [-0.25, -0.2) is 4.98 Å². The summed E-state index contributed by atoms with van der Waals surface area (Å²) in [6.07, 6.45) is 3.13. The Morgan fingerprint density at radius 1 is 1.23 bits per heavy atom. The lowest BCUT2D eigenvalue weighted by molar-refractivity contribution is -0.111. The van der Waals surface area contributed by atoms with Crippen molar-refractivity contribution in [2.24, 2.45) is 0 Å². The molecule has 0 radical (unpaired) electrons. The third-order valence-electron chi connectivity index (χ3n) is 3.49. The number of halogens is 2. The highest BCUT2D eigenvalue weighted by atomic mass is 35.5. The number of carbonyl (C=O) groups excluding carboxylic acids is 1. The molecule has 26 heavy (non-hydrogen) atoms. The molecule has 3 rings (SSSR count). The van der Waals surface area contributed by atoms with Crippen LogP contribution in [0, 0.1) is 0 Å². The summed E-state index contributed by atoms with van der Waals surface area (Å²) in [4.78, 5) is 16.5. The summed E-state index contributed by atoms with van der Waals surface area (Å²) < 4.78 is 5.25. The summed E-state index contributed by atoms with van der Waals surface area (Å²) >= 11 is 13.4. The fourth-order valence-electron chi connectivity index (χ4n) is 2.27. The van der Waals surface area contributed by atoms with Crippen LogP contribution in [0.3, 0.4) is 0 Å². The molecule has 1 N–H and O–H groups in total. The maximum absolute atomic E-state index is 12.1. The number of methoxy groups -OCH3 is 1. The average molecular weight is 405 g/mol. The highest BCUT2D eigenvalue weighted by Gasteiger charge is 2.10. The Morgan fingerprint density at radius 3 is 2.81 bits per heavy atom. The first-order chi connectivity index (χ1) is 12.6. The molecule has 3 aromatic rings. The maximum Gasteiger partial charge on any atom is 0.250 e. The number of hydrogen-bond donors (Lipinski definition) is 1. The first-order valence-corrected chi connectivity index (χ1v) is 9.23. The van der Waals surface area contributed by atoms with Gasteiger partial charge >= 0.3 is 0 Å². The van der Waals surface area contributed by atoms with Crippen LogP contribution in [0.4, 0.5) is 5.13 Å². The topological polar surface area (TPSA) is 51.2 Å². The third-order valence-corrected chi connectivity index (χ3v) is 4.80. The van der Waals surface area contributed by atoms with E-state index >= 15 is 0 Å². The van der Waals surface area contributed by atoms with E-state index in [2.05, 4.69) is 10.3 Å². The molecule has 2 aromatic carbocycles. The summed E-state index contributed by atoms with van der Waals surface area (Å²) in [5.41, 5.74) is 2.26. The van der Waals surface area contributed by atoms with Crippen LogP contribution in [-0.4, -0.2) is 18.0 Å². The largest absolute Gasteiger partial charge is 0.496 e. The molecular formula is C19H14Cl2N2O2S. The van der Waals surface area contributed by atoms with Crippen molar-refractivity contribution in [2.75, 3.05) is 12.4 Å². The van der Waals surface area contributed by atoms with E-state index in [0.717, 1.165) is 11.1 Å². The Balaban J connectivity index is 1.71. The van der Waals surface area contributed by atoms with Crippen LogP contribution in [0.25, 0.3) is 17.3 Å². The van der Waals surface area contributed by atoms with Gasteiger partial charge in [0, 0.05) is 27.6 Å². The number of carbonyl (C=O) groups is 1. The van der Waals surface area contributed by atoms with Crippen LogP contribution in [0.5, 0.6) is 5.75 Å². The van der Waals surface area contributed by atoms with E-state index in [9.17, 15) is 4.79 Å². The average Bonchev–Trinajstić information content (AvgIpc) is 3.08. The SMILES string of the molecule is COc1ccccc1/C=C/C(=O)Nc1nc(-c2ccc(Cl)cc2Cl)cs1. The monoisotopic (exact) mass is 404 g/mol. The first kappa shape index (κ1) is 18.5. The van der Waals surface area contributed by atoms with Crippen LogP contribution in [0.1, 0.15) is 5.56 Å². The van der Waals surface area contributed by atoms with Crippen molar-refractivity contribution in [3.8, 4) is 17.0 Å². The molecule has 1 aromatic heterocycles. The number of anilines is 1. The Bertz CT molecular complexity index is 970. The van der Waals surface area contributed by atoms with E-state index in [-0.39, 0.29) is 5.91 Å². The zero-order valence-corrected chi connectivity index (χ0v) is 16.0. The molecule has 4 nitrogen and oxygen atoms in total. The molecule has 132 valence electrons. The predicted octanol–water partition coefficient (Wildman–Crippen LogP) is 5.78. The van der Waals surface area contributed by atoms with Crippen molar-refractivity contribution in [1.82, 2.24) is 4.98 Å². The van der Waals surface area contributed by atoms with Gasteiger partial charge in [-0.1, -0.05) is 41.4 Å². The molecule has 0 fully saturated rings. The fraction of sp³-hybridized carbons (Fsp3) is 0.0526. The summed E-state index contributed by atoms with van der Waals surface area (Å²) in [6.45, 7) is 0. The summed E-state index contributed by atoms with van der Waals surface area (Å²) in [5, 5.41) is 6.13. The van der Waals surface area contributed by atoms with Crippen molar-refractivity contribution < 1.29 is 9.53 Å². The lowest BCUT2D eigenvalue weighted by Crippen LogP contribution is -2.07. The van der Waals surface area contributed by atoms with Crippen molar-refractivity contribution in [3.63, 3.8) is 0 Å². The van der Waals surface area contributed by atoms with Gasteiger partial charge in [-0.15, -0.1) is 11.3 Å². The van der Waals surface area contributed by atoms with Gasteiger partial charge in [0.1, 0.15) is 5.75 Å². The normalized spacial score (nSPS) is 10.9. The second-order valence-electron chi connectivity index (χ2n) is 5.23. The van der Waals surface area contributed by atoms with Crippen LogP contribution >= 0.6 is 34.5 Å². The van der Waals surface area contributed by atoms with Gasteiger partial charge in [0.25, 0.3) is 0 Å². The zero-order valence-electron chi connectivity index (χ0n) is 13.7. The number of aromatic nitrogens is 1. The van der Waals surface area contributed by atoms with Gasteiger partial charge in [-0.3, -0.25) is 10.1 Å². The van der Waals surface area contributed by atoms with Gasteiger partial charge in [0.2, 0.25) is 5.91 Å². The number of nitrogens with zero attached hydrogens (tertiary/aromatic N) is 1. The minimum atomic E-state index is -0.279. The Hall–Kier alpha value is -2.34. The molecule has 0 saturated heterocycles. The van der Waals surface area contributed by atoms with E-state index in [4.69, 9.17) is 27.9 Å². The quantitative estimate of drug-likeness (QED) is 0.548. The van der Waals surface area contributed by atoms with E-state index < -0.39 is 0 Å². The molecule has 0 saturated carbocycles. The lowest BCUT2D eigenvalue weighted by Gasteiger charge is -2.03. The minimum Gasteiger partial charge on any atom is -0.496 e. The molecule has 1 heterocycles. The van der Waals surface area contributed by atoms with E-state index in [1.807, 2.05) is 29.6 Å². The minimum absolute atomic E-state index is 0.279. The number of benzene rings is 2. The van der Waals surface area contributed by atoms with Crippen molar-refractivity contribution in [1.29, 1.82) is 0 Å². The van der Waals surface area contributed by atoms with Gasteiger partial charge in [0.05, 0.1) is 17.8 Å². The van der Waals surface area contributed by atoms with E-state index in [0.29, 0.717) is 26.6 Å². The molecular weight excluding hydrogens is 391 g/mol. The van der Waals surface area contributed by atoms with Gasteiger partial charge in [0.15, 0.2) is 5.13 Å². The molecule has 0 spiro atoms. The Kier molecular flexibility index (Phi) is 5.93. The number of para-hydroxylation sites is 1. The van der Waals surface area contributed by atoms with Crippen LogP contribution < -0.4 is 10.1 Å². The molecule has 0 aliphatic rings. The summed E-state index contributed by atoms with van der Waals surface area (Å²) in [5.74, 6) is 0.421. The zero-order chi connectivity index (χ0) is 18.5. The molecule has 1 amide bonds. The molecule has 0 atom stereocenters. The highest BCUT2D eigenvalue weighted by molar-refractivity contribution is 7.14. The standard InChI is InChI=1S/C19H14Cl2N2O2S/c1-25-17-5-3-2-4-12(17)6-9-18(24)23-19-22-16(11-26-19)14-8-7-13(20)10-15(14)21/h2-11H,1H3,(H,22,23,24)/b9-6+. The second kappa shape index (κ2) is 8.36. The van der Waals surface area contributed by atoms with E-state index in [1.54, 1.807) is 31.4 Å². The number of rotatable bonds is 5. The Labute approximate surface area is 165 Å². The number of ether oxygens (including phenoxy) is 1. The molecule has 0 aliphatic heterocycles. The van der Waals surface area contributed by atoms with Gasteiger partial charge < -0.3 is 4.74 Å². The molecule has 0 unspecified atom stereocenters. The molecule has 0 bridgehead atoms. The lowest BCUT2D eigenvalue weighted by atomic mass is 10.2. The number of amides is 1. The summed E-state index contributed by atoms with van der Waals surface area (Å²) in [7, 11) is 1.59. The highest BCUT2D eigenvalue weighted by Crippen LogP contribution is 2.32. The summed E-state index contributed by atoms with van der Waals surface area (Å²) in [6, 6.07) is 12.7. The number of thiazole rings is 1. The smallest absolute Gasteiger partial charge is 0.250 e. The number of hydrogen-bond acceptors (Lipinski definition) is 4. The second-order valence-corrected chi connectivity index (χ2v) is 6.93. The molecule has 0 aliphatic carbocycles. The van der Waals surface area contributed by atoms with E-state index in [1.165, 1.54) is 17.4 Å². The maximum atomic E-state index is 12.1. The predicted molar refractivity (Wildman–Crippen MR) is 108 cm³/mol. The number of nitrogens with one attached hydrogen (secondary N) is 1. The Morgan fingerprint density at radius 2 is 2.04 bits per heavy atom. The van der Waals surface area contributed by atoms with Crippen molar-refractivity contribution >= 4 is 51.7 Å². The first-order valence-electron chi connectivity index (χ1n) is 7.60. The van der Waals surface area contributed by atoms with Crippen molar-refractivity contribution in [3.05, 3.63) is 69.5 Å². The van der Waals surface area contributed by atoms with Crippen LogP contribution in [-0.2, 0) is 4.79 Å². The fourth-order valence-corrected chi connectivity index (χ4v) is 3.49.